The lowest BCUT2D eigenvalue weighted by Crippen LogP contribution is -2.43. The van der Waals surface area contributed by atoms with Crippen LogP contribution < -0.4 is 5.32 Å². The van der Waals surface area contributed by atoms with Crippen LogP contribution in [0.25, 0.3) is 0 Å². The largest absolute Gasteiger partial charge is 0.375 e. The van der Waals surface area contributed by atoms with E-state index in [2.05, 4.69) is 60.7 Å². The van der Waals surface area contributed by atoms with Gasteiger partial charge < -0.3 is 14.8 Å². The summed E-state index contributed by atoms with van der Waals surface area (Å²) in [4.78, 5) is 12.5. The molecule has 0 radical (unpaired) electrons. The second-order valence-corrected chi connectivity index (χ2v) is 11.4. The van der Waals surface area contributed by atoms with Gasteiger partial charge in [0, 0.05) is 17.4 Å². The monoisotopic (exact) mass is 429 g/mol. The van der Waals surface area contributed by atoms with Crippen LogP contribution in [0.5, 0.6) is 0 Å². The average molecular weight is 430 g/mol. The zero-order valence-corrected chi connectivity index (χ0v) is 22.9. The topological polar surface area (TPSA) is 47.6 Å². The molecule has 0 aromatic heterocycles. The number of Topliss-reactive ketones (excluding diaryl/α,β-unsaturated/α-hetero) is 1. The van der Waals surface area contributed by atoms with E-state index < -0.39 is 5.41 Å². The van der Waals surface area contributed by atoms with Crippen LogP contribution >= 0.6 is 0 Å². The van der Waals surface area contributed by atoms with Crippen molar-refractivity contribution >= 4 is 5.78 Å². The molecule has 0 unspecified atom stereocenters. The van der Waals surface area contributed by atoms with Crippen LogP contribution in [0.4, 0.5) is 0 Å². The van der Waals surface area contributed by atoms with E-state index >= 15 is 0 Å². The Bertz CT molecular complexity index is 477. The minimum Gasteiger partial charge on any atom is -0.375 e. The van der Waals surface area contributed by atoms with E-state index in [1.807, 2.05) is 41.5 Å². The van der Waals surface area contributed by atoms with Gasteiger partial charge >= 0.3 is 0 Å². The number of hydrogen-bond donors (Lipinski definition) is 1. The molecule has 0 saturated heterocycles. The molecule has 0 aromatic rings. The van der Waals surface area contributed by atoms with Crippen molar-refractivity contribution in [3.8, 4) is 0 Å². The van der Waals surface area contributed by atoms with E-state index in [1.54, 1.807) is 0 Å². The Morgan fingerprint density at radius 2 is 1.30 bits per heavy atom. The zero-order valence-electron chi connectivity index (χ0n) is 22.9. The van der Waals surface area contributed by atoms with E-state index in [1.165, 1.54) is 0 Å². The van der Waals surface area contributed by atoms with Gasteiger partial charge in [-0.05, 0) is 67.3 Å². The van der Waals surface area contributed by atoms with Gasteiger partial charge in [0.05, 0.1) is 23.4 Å². The van der Waals surface area contributed by atoms with Gasteiger partial charge in [0.15, 0.2) is 0 Å². The van der Waals surface area contributed by atoms with E-state index in [0.717, 1.165) is 19.4 Å². The Morgan fingerprint density at radius 1 is 0.800 bits per heavy atom. The van der Waals surface area contributed by atoms with Gasteiger partial charge in [-0.3, -0.25) is 4.79 Å². The van der Waals surface area contributed by atoms with Crippen molar-refractivity contribution in [1.82, 2.24) is 5.32 Å². The van der Waals surface area contributed by atoms with Crippen LogP contribution in [0.3, 0.4) is 0 Å². The maximum absolute atomic E-state index is 12.5. The molecule has 0 heterocycles. The fraction of sp³-hybridized carbons (Fsp3) is 0.962. The molecule has 30 heavy (non-hydrogen) atoms. The van der Waals surface area contributed by atoms with Gasteiger partial charge in [0.2, 0.25) is 0 Å². The summed E-state index contributed by atoms with van der Waals surface area (Å²) in [5.74, 6) is 0.335. The van der Waals surface area contributed by atoms with Crippen molar-refractivity contribution in [1.29, 1.82) is 0 Å². The fourth-order valence-electron chi connectivity index (χ4n) is 4.08. The molecule has 0 rings (SSSR count). The maximum atomic E-state index is 12.5. The molecule has 1 N–H and O–H groups in total. The molecule has 4 heteroatoms. The third kappa shape index (κ3) is 14.5. The Morgan fingerprint density at radius 3 is 1.73 bits per heavy atom. The molecule has 0 aromatic carbocycles. The molecular weight excluding hydrogens is 374 g/mol. The van der Waals surface area contributed by atoms with E-state index in [9.17, 15) is 4.79 Å². The second kappa shape index (κ2) is 13.2. The predicted molar refractivity (Wildman–Crippen MR) is 131 cm³/mol. The summed E-state index contributed by atoms with van der Waals surface area (Å²) in [7, 11) is 0. The quantitative estimate of drug-likeness (QED) is 0.330. The Balaban J connectivity index is 0. The molecule has 182 valence electrons. The normalized spacial score (nSPS) is 13.5. The summed E-state index contributed by atoms with van der Waals surface area (Å²) >= 11 is 0. The van der Waals surface area contributed by atoms with E-state index in [-0.39, 0.29) is 22.7 Å². The summed E-state index contributed by atoms with van der Waals surface area (Å²) in [5, 5.41) is 3.45. The molecular formula is C26H55NO3. The highest BCUT2D eigenvalue weighted by Gasteiger charge is 2.39. The van der Waals surface area contributed by atoms with E-state index in [4.69, 9.17) is 9.47 Å². The molecule has 0 spiro atoms. The third-order valence-corrected chi connectivity index (χ3v) is 5.09. The summed E-state index contributed by atoms with van der Waals surface area (Å²) in [6, 6.07) is 0.497. The van der Waals surface area contributed by atoms with Crippen LogP contribution in [0.15, 0.2) is 0 Å². The molecule has 0 bridgehead atoms. The number of carbonyl (C=O) groups excluding carboxylic acids is 1. The number of rotatable bonds is 14. The number of ketones is 1. The Hall–Kier alpha value is -0.450. The SMILES string of the molecule is CC.CC(C)NCCC(C)(C)OCCC(C)(C)OC(C)(C)CC(C)(C)C(=O)C(C)C. The summed E-state index contributed by atoms with van der Waals surface area (Å²) in [5.41, 5.74) is -1.24. The van der Waals surface area contributed by atoms with Crippen molar-refractivity contribution in [3.63, 3.8) is 0 Å². The van der Waals surface area contributed by atoms with Gasteiger partial charge in [-0.15, -0.1) is 0 Å². The number of carbonyl (C=O) groups is 1. The molecule has 0 fully saturated rings. The first-order valence-corrected chi connectivity index (χ1v) is 12.0. The van der Waals surface area contributed by atoms with Crippen molar-refractivity contribution in [2.24, 2.45) is 11.3 Å². The second-order valence-electron chi connectivity index (χ2n) is 11.4. The number of nitrogens with one attached hydrogen (secondary N) is 1. The van der Waals surface area contributed by atoms with E-state index in [0.29, 0.717) is 24.9 Å². The lowest BCUT2D eigenvalue weighted by molar-refractivity contribution is -0.159. The van der Waals surface area contributed by atoms with Crippen LogP contribution in [0, 0.1) is 11.3 Å². The first-order valence-electron chi connectivity index (χ1n) is 12.0. The highest BCUT2D eigenvalue weighted by molar-refractivity contribution is 5.85. The summed E-state index contributed by atoms with van der Waals surface area (Å²) in [6.45, 7) is 30.6. The first-order chi connectivity index (χ1) is 13.4. The first kappa shape index (κ1) is 31.7. The zero-order chi connectivity index (χ0) is 24.4. The van der Waals surface area contributed by atoms with Gasteiger partial charge in [0.25, 0.3) is 0 Å². The number of hydrogen-bond acceptors (Lipinski definition) is 4. The average Bonchev–Trinajstić information content (AvgIpc) is 2.52. The molecule has 0 aliphatic carbocycles. The smallest absolute Gasteiger partial charge is 0.141 e. The summed E-state index contributed by atoms with van der Waals surface area (Å²) in [6.07, 6.45) is 2.49. The molecule has 0 amide bonds. The van der Waals surface area contributed by atoms with Crippen molar-refractivity contribution in [3.05, 3.63) is 0 Å². The predicted octanol–water partition coefficient (Wildman–Crippen LogP) is 6.80. The van der Waals surface area contributed by atoms with Crippen LogP contribution in [0.1, 0.15) is 116 Å². The van der Waals surface area contributed by atoms with Crippen molar-refractivity contribution in [2.75, 3.05) is 13.2 Å². The highest BCUT2D eigenvalue weighted by Crippen LogP contribution is 2.36. The summed E-state index contributed by atoms with van der Waals surface area (Å²) < 4.78 is 12.6. The molecule has 4 nitrogen and oxygen atoms in total. The lowest BCUT2D eigenvalue weighted by Gasteiger charge is -2.41. The molecule has 0 aliphatic heterocycles. The maximum Gasteiger partial charge on any atom is 0.141 e. The highest BCUT2D eigenvalue weighted by atomic mass is 16.5. The standard InChI is InChI=1S/C24H49NO3.C2H6/c1-18(2)20(26)21(5,6)17-24(11,12)28-23(9,10)14-16-27-22(7,8)13-15-25-19(3)4;1-2/h18-19,25H,13-17H2,1-12H3;1-2H3. The lowest BCUT2D eigenvalue weighted by atomic mass is 9.75. The minimum absolute atomic E-state index is 0.0413. The van der Waals surface area contributed by atoms with Crippen LogP contribution in [-0.4, -0.2) is 41.8 Å². The Kier molecular flexibility index (Phi) is 13.9. The van der Waals surface area contributed by atoms with Gasteiger partial charge in [-0.2, -0.15) is 0 Å². The molecule has 0 saturated carbocycles. The van der Waals surface area contributed by atoms with Crippen molar-refractivity contribution in [2.45, 2.75) is 139 Å². The number of ether oxygens (including phenoxy) is 2. The van der Waals surface area contributed by atoms with Crippen LogP contribution in [0.2, 0.25) is 0 Å². The van der Waals surface area contributed by atoms with Crippen molar-refractivity contribution < 1.29 is 14.3 Å². The minimum atomic E-state index is -0.393. The Labute approximate surface area is 189 Å². The van der Waals surface area contributed by atoms with Gasteiger partial charge in [-0.1, -0.05) is 55.4 Å². The fourth-order valence-corrected chi connectivity index (χ4v) is 4.08. The van der Waals surface area contributed by atoms with Gasteiger partial charge in [0.1, 0.15) is 5.78 Å². The van der Waals surface area contributed by atoms with Crippen LogP contribution in [-0.2, 0) is 14.3 Å². The van der Waals surface area contributed by atoms with Gasteiger partial charge in [-0.25, -0.2) is 0 Å². The molecule has 0 atom stereocenters. The molecule has 0 aliphatic rings. The third-order valence-electron chi connectivity index (χ3n) is 5.09.